The fourth-order valence-corrected chi connectivity index (χ4v) is 1.67. The van der Waals surface area contributed by atoms with Crippen molar-refractivity contribution < 1.29 is 9.47 Å². The molecule has 17 heavy (non-hydrogen) atoms. The van der Waals surface area contributed by atoms with E-state index in [0.29, 0.717) is 6.54 Å². The van der Waals surface area contributed by atoms with Crippen LogP contribution in [0, 0.1) is 5.92 Å². The van der Waals surface area contributed by atoms with Gasteiger partial charge in [-0.15, -0.1) is 0 Å². The highest BCUT2D eigenvalue weighted by molar-refractivity contribution is 5.35. The van der Waals surface area contributed by atoms with Crippen molar-refractivity contribution in [3.05, 3.63) is 18.1 Å². The molecular formula is C12H19N3O2. The maximum Gasteiger partial charge on any atom is 0.173 e. The maximum absolute atomic E-state index is 5.10. The standard InChI is InChI=1S/C12H19N3O2/c1-16-12(17-2)7-13-11-6-10(14-8-15-11)5-9-3-4-9/h6,8-9,12H,3-5,7H2,1-2H3,(H,13,14,15). The highest BCUT2D eigenvalue weighted by Crippen LogP contribution is 2.32. The summed E-state index contributed by atoms with van der Waals surface area (Å²) < 4.78 is 10.2. The van der Waals surface area contributed by atoms with Gasteiger partial charge in [-0.25, -0.2) is 9.97 Å². The molecule has 0 aromatic carbocycles. The van der Waals surface area contributed by atoms with Crippen LogP contribution in [-0.2, 0) is 15.9 Å². The summed E-state index contributed by atoms with van der Waals surface area (Å²) in [5.74, 6) is 1.66. The predicted octanol–water partition coefficient (Wildman–Crippen LogP) is 1.46. The van der Waals surface area contributed by atoms with Crippen LogP contribution in [0.2, 0.25) is 0 Å². The topological polar surface area (TPSA) is 56.3 Å². The van der Waals surface area contributed by atoms with E-state index in [4.69, 9.17) is 9.47 Å². The maximum atomic E-state index is 5.10. The third-order valence-corrected chi connectivity index (χ3v) is 2.89. The van der Waals surface area contributed by atoms with Gasteiger partial charge in [0.1, 0.15) is 12.1 Å². The van der Waals surface area contributed by atoms with Crippen LogP contribution in [0.3, 0.4) is 0 Å². The third-order valence-electron chi connectivity index (χ3n) is 2.89. The second kappa shape index (κ2) is 5.93. The Morgan fingerprint density at radius 3 is 2.76 bits per heavy atom. The average molecular weight is 237 g/mol. The third kappa shape index (κ3) is 3.94. The summed E-state index contributed by atoms with van der Waals surface area (Å²) in [5, 5.41) is 3.18. The van der Waals surface area contributed by atoms with Crippen molar-refractivity contribution in [3.63, 3.8) is 0 Å². The normalized spacial score (nSPS) is 15.2. The molecule has 1 aliphatic carbocycles. The highest BCUT2D eigenvalue weighted by atomic mass is 16.7. The van der Waals surface area contributed by atoms with Crippen LogP contribution in [0.1, 0.15) is 18.5 Å². The highest BCUT2D eigenvalue weighted by Gasteiger charge is 2.22. The first-order valence-corrected chi connectivity index (χ1v) is 5.92. The number of nitrogens with zero attached hydrogens (tertiary/aromatic N) is 2. The molecule has 0 bridgehead atoms. The van der Waals surface area contributed by atoms with E-state index < -0.39 is 0 Å². The van der Waals surface area contributed by atoms with Crippen LogP contribution < -0.4 is 5.32 Å². The monoisotopic (exact) mass is 237 g/mol. The van der Waals surface area contributed by atoms with Gasteiger partial charge in [-0.2, -0.15) is 0 Å². The van der Waals surface area contributed by atoms with Gasteiger partial charge in [0.15, 0.2) is 6.29 Å². The molecule has 5 heteroatoms. The molecule has 0 spiro atoms. The van der Waals surface area contributed by atoms with Gasteiger partial charge in [-0.05, 0) is 25.2 Å². The van der Waals surface area contributed by atoms with E-state index in [1.165, 1.54) is 12.8 Å². The zero-order valence-electron chi connectivity index (χ0n) is 10.3. The van der Waals surface area contributed by atoms with E-state index >= 15 is 0 Å². The molecule has 1 aliphatic rings. The van der Waals surface area contributed by atoms with E-state index in [1.807, 2.05) is 6.07 Å². The van der Waals surface area contributed by atoms with Crippen LogP contribution in [-0.4, -0.2) is 37.0 Å². The number of ether oxygens (including phenoxy) is 2. The van der Waals surface area contributed by atoms with Crippen molar-refractivity contribution >= 4 is 5.82 Å². The van der Waals surface area contributed by atoms with Crippen molar-refractivity contribution in [1.82, 2.24) is 9.97 Å². The molecule has 5 nitrogen and oxygen atoms in total. The summed E-state index contributed by atoms with van der Waals surface area (Å²) in [5.41, 5.74) is 1.11. The molecular weight excluding hydrogens is 218 g/mol. The molecule has 1 saturated carbocycles. The molecule has 1 fully saturated rings. The minimum absolute atomic E-state index is 0.253. The fourth-order valence-electron chi connectivity index (χ4n) is 1.67. The Bertz CT molecular complexity index is 351. The number of anilines is 1. The number of hydrogen-bond acceptors (Lipinski definition) is 5. The smallest absolute Gasteiger partial charge is 0.173 e. The van der Waals surface area contributed by atoms with Gasteiger partial charge in [-0.3, -0.25) is 0 Å². The zero-order valence-corrected chi connectivity index (χ0v) is 10.3. The number of hydrogen-bond donors (Lipinski definition) is 1. The molecule has 2 rings (SSSR count). The molecule has 1 aromatic heterocycles. The van der Waals surface area contributed by atoms with Gasteiger partial charge >= 0.3 is 0 Å². The lowest BCUT2D eigenvalue weighted by molar-refractivity contribution is -0.0914. The molecule has 1 N–H and O–H groups in total. The van der Waals surface area contributed by atoms with E-state index in [2.05, 4.69) is 15.3 Å². The number of methoxy groups -OCH3 is 2. The van der Waals surface area contributed by atoms with Gasteiger partial charge in [0.2, 0.25) is 0 Å². The van der Waals surface area contributed by atoms with Crippen molar-refractivity contribution in [3.8, 4) is 0 Å². The molecule has 0 atom stereocenters. The average Bonchev–Trinajstić information content (AvgIpc) is 3.15. The van der Waals surface area contributed by atoms with Crippen LogP contribution in [0.5, 0.6) is 0 Å². The van der Waals surface area contributed by atoms with E-state index in [9.17, 15) is 0 Å². The van der Waals surface area contributed by atoms with Crippen molar-refractivity contribution in [1.29, 1.82) is 0 Å². The minimum atomic E-state index is -0.253. The summed E-state index contributed by atoms with van der Waals surface area (Å²) >= 11 is 0. The lowest BCUT2D eigenvalue weighted by Gasteiger charge is -2.14. The second-order valence-corrected chi connectivity index (χ2v) is 4.32. The SMILES string of the molecule is COC(CNc1cc(CC2CC2)ncn1)OC. The van der Waals surface area contributed by atoms with E-state index in [-0.39, 0.29) is 6.29 Å². The van der Waals surface area contributed by atoms with Crippen molar-refractivity contribution in [2.45, 2.75) is 25.6 Å². The second-order valence-electron chi connectivity index (χ2n) is 4.32. The lowest BCUT2D eigenvalue weighted by atomic mass is 10.2. The Morgan fingerprint density at radius 2 is 2.12 bits per heavy atom. The van der Waals surface area contributed by atoms with Crippen LogP contribution >= 0.6 is 0 Å². The van der Waals surface area contributed by atoms with Crippen molar-refractivity contribution in [2.75, 3.05) is 26.1 Å². The Hall–Kier alpha value is -1.20. The van der Waals surface area contributed by atoms with Gasteiger partial charge in [0.05, 0.1) is 6.54 Å². The number of aromatic nitrogens is 2. The minimum Gasteiger partial charge on any atom is -0.365 e. The summed E-state index contributed by atoms with van der Waals surface area (Å²) in [7, 11) is 3.24. The first kappa shape index (κ1) is 12.3. The molecule has 0 amide bonds. The van der Waals surface area contributed by atoms with Crippen LogP contribution in [0.4, 0.5) is 5.82 Å². The largest absolute Gasteiger partial charge is 0.365 e. The van der Waals surface area contributed by atoms with E-state index in [1.54, 1.807) is 20.5 Å². The fraction of sp³-hybridized carbons (Fsp3) is 0.667. The van der Waals surface area contributed by atoms with Gasteiger partial charge in [-0.1, -0.05) is 0 Å². The zero-order chi connectivity index (χ0) is 12.1. The quantitative estimate of drug-likeness (QED) is 0.728. The summed E-state index contributed by atoms with van der Waals surface area (Å²) in [4.78, 5) is 8.45. The molecule has 0 radical (unpaired) electrons. The molecule has 94 valence electrons. The van der Waals surface area contributed by atoms with E-state index in [0.717, 1.165) is 23.9 Å². The lowest BCUT2D eigenvalue weighted by Crippen LogP contribution is -2.24. The predicted molar refractivity (Wildman–Crippen MR) is 64.8 cm³/mol. The molecule has 0 saturated heterocycles. The number of rotatable bonds is 7. The molecule has 0 unspecified atom stereocenters. The summed E-state index contributed by atoms with van der Waals surface area (Å²) in [6.07, 6.45) is 5.09. The Morgan fingerprint density at radius 1 is 1.35 bits per heavy atom. The molecule has 0 aliphatic heterocycles. The first-order valence-electron chi connectivity index (χ1n) is 5.92. The number of nitrogens with one attached hydrogen (secondary N) is 1. The van der Waals surface area contributed by atoms with Crippen LogP contribution in [0.15, 0.2) is 12.4 Å². The van der Waals surface area contributed by atoms with Crippen LogP contribution in [0.25, 0.3) is 0 Å². The van der Waals surface area contributed by atoms with Gasteiger partial charge in [0.25, 0.3) is 0 Å². The Balaban J connectivity index is 1.86. The van der Waals surface area contributed by atoms with Crippen molar-refractivity contribution in [2.24, 2.45) is 5.92 Å². The molecule has 1 aromatic rings. The van der Waals surface area contributed by atoms with Gasteiger partial charge < -0.3 is 14.8 Å². The van der Waals surface area contributed by atoms with Gasteiger partial charge in [0, 0.05) is 26.0 Å². The summed E-state index contributed by atoms with van der Waals surface area (Å²) in [6.45, 7) is 0.576. The Kier molecular flexibility index (Phi) is 4.28. The Labute approximate surface area is 102 Å². The molecule has 1 heterocycles. The first-order chi connectivity index (χ1) is 8.31. The summed E-state index contributed by atoms with van der Waals surface area (Å²) in [6, 6.07) is 2.00.